The molecule has 18 heavy (non-hydrogen) atoms. The number of nitrogens with two attached hydrogens (primary N) is 1. The number of rotatable bonds is 1. The highest BCUT2D eigenvalue weighted by Gasteiger charge is 2.18. The number of anilines is 1. The maximum absolute atomic E-state index is 5.61. The third kappa shape index (κ3) is 1.98. The lowest BCUT2D eigenvalue weighted by Gasteiger charge is -2.09. The first kappa shape index (κ1) is 11.6. The first-order valence-electron chi connectivity index (χ1n) is 5.97. The van der Waals surface area contributed by atoms with Gasteiger partial charge in [-0.2, -0.15) is 9.67 Å². The Labute approximate surface area is 113 Å². The molecule has 0 radical (unpaired) electrons. The standard InChI is InChI=1S/C11H13BrN6/c12-10-16-11(13)17-18(10)9-7-4-2-1-3-5-8(7)14-6-15-9/h6H,1-5H2,(H2,13,17). The third-order valence-electron chi connectivity index (χ3n) is 3.14. The molecular weight excluding hydrogens is 296 g/mol. The molecule has 0 saturated carbocycles. The lowest BCUT2D eigenvalue weighted by Crippen LogP contribution is -2.09. The second-order valence-corrected chi connectivity index (χ2v) is 5.04. The fourth-order valence-corrected chi connectivity index (χ4v) is 2.73. The zero-order chi connectivity index (χ0) is 12.5. The third-order valence-corrected chi connectivity index (χ3v) is 3.65. The maximum Gasteiger partial charge on any atom is 0.240 e. The van der Waals surface area contributed by atoms with Gasteiger partial charge in [-0.05, 0) is 41.6 Å². The summed E-state index contributed by atoms with van der Waals surface area (Å²) in [5.74, 6) is 1.03. The monoisotopic (exact) mass is 308 g/mol. The number of aryl methyl sites for hydroxylation is 1. The van der Waals surface area contributed by atoms with Crippen LogP contribution in [0, 0.1) is 0 Å². The predicted octanol–water partition coefficient (Wildman–Crippen LogP) is 1.67. The molecule has 7 heteroatoms. The van der Waals surface area contributed by atoms with Gasteiger partial charge in [0.15, 0.2) is 5.82 Å². The van der Waals surface area contributed by atoms with Gasteiger partial charge in [0.2, 0.25) is 10.7 Å². The normalized spacial score (nSPS) is 15.2. The van der Waals surface area contributed by atoms with Gasteiger partial charge < -0.3 is 5.73 Å². The Kier molecular flexibility index (Phi) is 2.99. The molecule has 0 saturated heterocycles. The van der Waals surface area contributed by atoms with Crippen LogP contribution in [0.15, 0.2) is 11.1 Å². The SMILES string of the molecule is Nc1nc(Br)n(-c2ncnc3c2CCCCC3)n1. The van der Waals surface area contributed by atoms with Crippen molar-refractivity contribution in [2.75, 3.05) is 5.73 Å². The number of nitrogen functional groups attached to an aromatic ring is 1. The van der Waals surface area contributed by atoms with Gasteiger partial charge in [-0.15, -0.1) is 5.10 Å². The van der Waals surface area contributed by atoms with Crippen LogP contribution in [0.5, 0.6) is 0 Å². The number of fused-ring (bicyclic) bond motifs is 1. The van der Waals surface area contributed by atoms with Crippen LogP contribution in [0.3, 0.4) is 0 Å². The van der Waals surface area contributed by atoms with Gasteiger partial charge >= 0.3 is 0 Å². The van der Waals surface area contributed by atoms with Gasteiger partial charge in [0, 0.05) is 11.3 Å². The summed E-state index contributed by atoms with van der Waals surface area (Å²) < 4.78 is 2.21. The summed E-state index contributed by atoms with van der Waals surface area (Å²) in [5.41, 5.74) is 7.90. The second kappa shape index (κ2) is 4.64. The Balaban J connectivity index is 2.15. The van der Waals surface area contributed by atoms with Crippen LogP contribution in [0.4, 0.5) is 5.95 Å². The van der Waals surface area contributed by atoms with Crippen LogP contribution in [0.25, 0.3) is 5.82 Å². The van der Waals surface area contributed by atoms with E-state index < -0.39 is 0 Å². The molecule has 3 rings (SSSR count). The summed E-state index contributed by atoms with van der Waals surface area (Å²) in [7, 11) is 0. The zero-order valence-electron chi connectivity index (χ0n) is 9.80. The molecule has 2 aromatic rings. The van der Waals surface area contributed by atoms with Crippen LogP contribution < -0.4 is 5.73 Å². The molecule has 1 aliphatic carbocycles. The van der Waals surface area contributed by atoms with Gasteiger partial charge in [0.1, 0.15) is 6.33 Å². The Morgan fingerprint density at radius 3 is 2.78 bits per heavy atom. The molecule has 2 N–H and O–H groups in total. The van der Waals surface area contributed by atoms with Crippen molar-refractivity contribution in [1.82, 2.24) is 24.7 Å². The fourth-order valence-electron chi connectivity index (χ4n) is 2.31. The van der Waals surface area contributed by atoms with E-state index in [0.717, 1.165) is 30.8 Å². The minimum absolute atomic E-state index is 0.239. The molecule has 0 aliphatic heterocycles. The summed E-state index contributed by atoms with van der Waals surface area (Å²) in [6, 6.07) is 0. The van der Waals surface area contributed by atoms with Crippen LogP contribution in [-0.4, -0.2) is 24.7 Å². The summed E-state index contributed by atoms with van der Waals surface area (Å²) in [6.45, 7) is 0. The summed E-state index contributed by atoms with van der Waals surface area (Å²) >= 11 is 3.35. The molecule has 94 valence electrons. The molecule has 0 fully saturated rings. The quantitative estimate of drug-likeness (QED) is 0.810. The number of hydrogen-bond acceptors (Lipinski definition) is 5. The van der Waals surface area contributed by atoms with E-state index in [1.165, 1.54) is 18.4 Å². The Bertz CT molecular complexity index is 579. The van der Waals surface area contributed by atoms with E-state index in [9.17, 15) is 0 Å². The van der Waals surface area contributed by atoms with Gasteiger partial charge in [-0.1, -0.05) is 6.42 Å². The lowest BCUT2D eigenvalue weighted by atomic mass is 10.1. The van der Waals surface area contributed by atoms with Crippen LogP contribution in [-0.2, 0) is 12.8 Å². The minimum atomic E-state index is 0.239. The smallest absolute Gasteiger partial charge is 0.240 e. The van der Waals surface area contributed by atoms with Crippen LogP contribution in [0.1, 0.15) is 30.5 Å². The van der Waals surface area contributed by atoms with Crippen molar-refractivity contribution in [3.63, 3.8) is 0 Å². The van der Waals surface area contributed by atoms with Gasteiger partial charge in [-0.3, -0.25) is 0 Å². The van der Waals surface area contributed by atoms with Crippen molar-refractivity contribution in [2.24, 2.45) is 0 Å². The fraction of sp³-hybridized carbons (Fsp3) is 0.455. The van der Waals surface area contributed by atoms with Crippen molar-refractivity contribution < 1.29 is 0 Å². The van der Waals surface area contributed by atoms with Crippen LogP contribution in [0.2, 0.25) is 0 Å². The van der Waals surface area contributed by atoms with E-state index in [0.29, 0.717) is 4.73 Å². The van der Waals surface area contributed by atoms with Crippen molar-refractivity contribution in [1.29, 1.82) is 0 Å². The highest BCUT2D eigenvalue weighted by atomic mass is 79.9. The highest BCUT2D eigenvalue weighted by Crippen LogP contribution is 2.24. The molecule has 2 aromatic heterocycles. The summed E-state index contributed by atoms with van der Waals surface area (Å²) in [4.78, 5) is 12.8. The van der Waals surface area contributed by atoms with Gasteiger partial charge in [0.05, 0.1) is 0 Å². The Hall–Kier alpha value is -1.50. The first-order chi connectivity index (χ1) is 8.75. The molecule has 0 spiro atoms. The lowest BCUT2D eigenvalue weighted by molar-refractivity contribution is 0.707. The Morgan fingerprint density at radius 2 is 2.00 bits per heavy atom. The van der Waals surface area contributed by atoms with E-state index >= 15 is 0 Å². The number of hydrogen-bond donors (Lipinski definition) is 1. The van der Waals surface area contributed by atoms with Gasteiger partial charge in [-0.25, -0.2) is 9.97 Å². The molecule has 0 atom stereocenters. The summed E-state index contributed by atoms with van der Waals surface area (Å²) in [6.07, 6.45) is 7.16. The van der Waals surface area contributed by atoms with Crippen molar-refractivity contribution in [3.8, 4) is 5.82 Å². The van der Waals surface area contributed by atoms with E-state index in [1.807, 2.05) is 0 Å². The average Bonchev–Trinajstić information content (AvgIpc) is 2.58. The number of halogens is 1. The second-order valence-electron chi connectivity index (χ2n) is 4.33. The first-order valence-corrected chi connectivity index (χ1v) is 6.76. The number of nitrogens with zero attached hydrogens (tertiary/aromatic N) is 5. The molecule has 1 aliphatic rings. The minimum Gasteiger partial charge on any atom is -0.366 e. The molecule has 0 bridgehead atoms. The average molecular weight is 309 g/mol. The largest absolute Gasteiger partial charge is 0.366 e. The predicted molar refractivity (Wildman–Crippen MR) is 70.3 cm³/mol. The molecular formula is C11H13BrN6. The van der Waals surface area contributed by atoms with E-state index in [1.54, 1.807) is 11.0 Å². The molecule has 2 heterocycles. The maximum atomic E-state index is 5.61. The number of aromatic nitrogens is 5. The Morgan fingerprint density at radius 1 is 1.17 bits per heavy atom. The van der Waals surface area contributed by atoms with E-state index in [2.05, 4.69) is 36.0 Å². The van der Waals surface area contributed by atoms with E-state index in [-0.39, 0.29) is 5.95 Å². The molecule has 6 nitrogen and oxygen atoms in total. The van der Waals surface area contributed by atoms with Gasteiger partial charge in [0.25, 0.3) is 0 Å². The molecule has 0 amide bonds. The zero-order valence-corrected chi connectivity index (χ0v) is 11.4. The van der Waals surface area contributed by atoms with Crippen molar-refractivity contribution in [2.45, 2.75) is 32.1 Å². The summed E-state index contributed by atoms with van der Waals surface area (Å²) in [5, 5.41) is 4.17. The molecule has 0 aromatic carbocycles. The van der Waals surface area contributed by atoms with E-state index in [4.69, 9.17) is 5.73 Å². The highest BCUT2D eigenvalue weighted by molar-refractivity contribution is 9.10. The van der Waals surface area contributed by atoms with Crippen molar-refractivity contribution >= 4 is 21.9 Å². The topological polar surface area (TPSA) is 82.5 Å². The van der Waals surface area contributed by atoms with Crippen LogP contribution >= 0.6 is 15.9 Å². The molecule has 0 unspecified atom stereocenters. The van der Waals surface area contributed by atoms with Crippen molar-refractivity contribution in [3.05, 3.63) is 22.3 Å².